The molecule has 102 valence electrons. The number of carbonyl (C=O) groups is 1. The Morgan fingerprint density at radius 3 is 2.60 bits per heavy atom. The predicted octanol–water partition coefficient (Wildman–Crippen LogP) is 3.09. The van der Waals surface area contributed by atoms with E-state index >= 15 is 0 Å². The van der Waals surface area contributed by atoms with Crippen LogP contribution in [0.3, 0.4) is 0 Å². The summed E-state index contributed by atoms with van der Waals surface area (Å²) in [5.74, 6) is -0.248. The second-order valence-corrected chi connectivity index (χ2v) is 5.11. The molecule has 2 N–H and O–H groups in total. The van der Waals surface area contributed by atoms with Gasteiger partial charge in [-0.05, 0) is 46.9 Å². The number of carbonyl (C=O) groups excluding carboxylic acids is 1. The number of amides is 1. The number of benzene rings is 2. The summed E-state index contributed by atoms with van der Waals surface area (Å²) < 4.78 is 6.41. The molecular formula is C13H9IN2O4. The van der Waals surface area contributed by atoms with Gasteiger partial charge in [-0.2, -0.15) is 0 Å². The summed E-state index contributed by atoms with van der Waals surface area (Å²) in [6.07, 6.45) is 0. The largest absolute Gasteiger partial charge is 0.450 e. The van der Waals surface area contributed by atoms with Crippen LogP contribution in [0.4, 0.5) is 5.69 Å². The zero-order valence-corrected chi connectivity index (χ0v) is 12.2. The predicted molar refractivity (Wildman–Crippen MR) is 80.8 cm³/mol. The quantitative estimate of drug-likeness (QED) is 0.498. The number of nitrogens with zero attached hydrogens (tertiary/aromatic N) is 1. The molecule has 0 heterocycles. The topological polar surface area (TPSA) is 95.5 Å². The SMILES string of the molecule is NC(=O)c1ccc([N+](=O)[O-])c(Oc2cccc(I)c2)c1. The first-order chi connectivity index (χ1) is 9.47. The lowest BCUT2D eigenvalue weighted by atomic mass is 10.2. The van der Waals surface area contributed by atoms with Crippen LogP contribution in [0.25, 0.3) is 0 Å². The van der Waals surface area contributed by atoms with Crippen molar-refractivity contribution in [3.05, 3.63) is 61.7 Å². The Balaban J connectivity index is 2.44. The first-order valence-electron chi connectivity index (χ1n) is 5.49. The normalized spacial score (nSPS) is 10.1. The Labute approximate surface area is 127 Å². The van der Waals surface area contributed by atoms with E-state index in [-0.39, 0.29) is 17.0 Å². The van der Waals surface area contributed by atoms with Gasteiger partial charge in [-0.25, -0.2) is 0 Å². The van der Waals surface area contributed by atoms with Gasteiger partial charge in [-0.1, -0.05) is 6.07 Å². The first kappa shape index (κ1) is 14.3. The summed E-state index contributed by atoms with van der Waals surface area (Å²) in [7, 11) is 0. The van der Waals surface area contributed by atoms with Crippen LogP contribution in [0, 0.1) is 13.7 Å². The van der Waals surface area contributed by atoms with Gasteiger partial charge < -0.3 is 10.5 Å². The van der Waals surface area contributed by atoms with Crippen molar-refractivity contribution in [1.29, 1.82) is 0 Å². The zero-order chi connectivity index (χ0) is 14.7. The highest BCUT2D eigenvalue weighted by Crippen LogP contribution is 2.32. The highest BCUT2D eigenvalue weighted by atomic mass is 127. The van der Waals surface area contributed by atoms with Gasteiger partial charge in [0.25, 0.3) is 0 Å². The van der Waals surface area contributed by atoms with Gasteiger partial charge in [0.05, 0.1) is 4.92 Å². The number of rotatable bonds is 4. The Kier molecular flexibility index (Phi) is 4.18. The third-order valence-electron chi connectivity index (χ3n) is 2.46. The average Bonchev–Trinajstić information content (AvgIpc) is 2.38. The second-order valence-electron chi connectivity index (χ2n) is 3.86. The van der Waals surface area contributed by atoms with Crippen molar-refractivity contribution < 1.29 is 14.5 Å². The van der Waals surface area contributed by atoms with E-state index in [4.69, 9.17) is 10.5 Å². The second kappa shape index (κ2) is 5.87. The van der Waals surface area contributed by atoms with E-state index in [9.17, 15) is 14.9 Å². The van der Waals surface area contributed by atoms with Crippen LogP contribution in [0.15, 0.2) is 42.5 Å². The van der Waals surface area contributed by atoms with Crippen LogP contribution in [-0.2, 0) is 0 Å². The molecule has 0 saturated heterocycles. The van der Waals surface area contributed by atoms with Crippen molar-refractivity contribution in [3.8, 4) is 11.5 Å². The van der Waals surface area contributed by atoms with Gasteiger partial charge in [-0.3, -0.25) is 14.9 Å². The van der Waals surface area contributed by atoms with Gasteiger partial charge >= 0.3 is 5.69 Å². The maximum absolute atomic E-state index is 11.1. The summed E-state index contributed by atoms with van der Waals surface area (Å²) >= 11 is 2.10. The van der Waals surface area contributed by atoms with Gasteiger partial charge in [0.2, 0.25) is 11.7 Å². The maximum atomic E-state index is 11.1. The van der Waals surface area contributed by atoms with E-state index in [1.165, 1.54) is 18.2 Å². The van der Waals surface area contributed by atoms with E-state index in [2.05, 4.69) is 22.6 Å². The minimum atomic E-state index is -0.674. The third-order valence-corrected chi connectivity index (χ3v) is 3.14. The fourth-order valence-corrected chi connectivity index (χ4v) is 2.07. The standard InChI is InChI=1S/C13H9IN2O4/c14-9-2-1-3-10(7-9)20-12-6-8(13(15)17)4-5-11(12)16(18)19/h1-7H,(H2,15,17). The van der Waals surface area contributed by atoms with Crippen LogP contribution < -0.4 is 10.5 Å². The number of nitro benzene ring substituents is 1. The number of nitrogens with two attached hydrogens (primary N) is 1. The van der Waals surface area contributed by atoms with Crippen molar-refractivity contribution in [2.75, 3.05) is 0 Å². The Morgan fingerprint density at radius 1 is 1.25 bits per heavy atom. The average molecular weight is 384 g/mol. The molecule has 0 atom stereocenters. The monoisotopic (exact) mass is 384 g/mol. The zero-order valence-electron chi connectivity index (χ0n) is 10.1. The molecule has 7 heteroatoms. The molecule has 0 aliphatic rings. The van der Waals surface area contributed by atoms with Crippen molar-refractivity contribution in [2.45, 2.75) is 0 Å². The molecular weight excluding hydrogens is 375 g/mol. The van der Waals surface area contributed by atoms with E-state index < -0.39 is 10.8 Å². The molecule has 0 bridgehead atoms. The molecule has 0 saturated carbocycles. The minimum absolute atomic E-state index is 0.0201. The molecule has 6 nitrogen and oxygen atoms in total. The van der Waals surface area contributed by atoms with Crippen LogP contribution in [-0.4, -0.2) is 10.8 Å². The summed E-state index contributed by atoms with van der Waals surface area (Å²) in [6, 6.07) is 10.8. The minimum Gasteiger partial charge on any atom is -0.450 e. The maximum Gasteiger partial charge on any atom is 0.311 e. The smallest absolute Gasteiger partial charge is 0.311 e. The number of halogens is 1. The van der Waals surface area contributed by atoms with E-state index in [1.807, 2.05) is 6.07 Å². The van der Waals surface area contributed by atoms with Crippen LogP contribution in [0.1, 0.15) is 10.4 Å². The Bertz CT molecular complexity index is 688. The van der Waals surface area contributed by atoms with Gasteiger partial charge in [0.1, 0.15) is 5.75 Å². The molecule has 0 aliphatic carbocycles. The number of hydrogen-bond acceptors (Lipinski definition) is 4. The fourth-order valence-electron chi connectivity index (χ4n) is 1.56. The summed E-state index contributed by atoms with van der Waals surface area (Å²) in [4.78, 5) is 21.5. The van der Waals surface area contributed by atoms with Gasteiger partial charge in [-0.15, -0.1) is 0 Å². The molecule has 0 unspecified atom stereocenters. The van der Waals surface area contributed by atoms with Crippen molar-refractivity contribution in [3.63, 3.8) is 0 Å². The number of primary amides is 1. The molecule has 2 aromatic rings. The lowest BCUT2D eigenvalue weighted by molar-refractivity contribution is -0.385. The molecule has 1 amide bonds. The van der Waals surface area contributed by atoms with E-state index in [0.29, 0.717) is 5.75 Å². The number of ether oxygens (including phenoxy) is 1. The summed E-state index contributed by atoms with van der Waals surface area (Å²) in [5.41, 5.74) is 5.08. The molecule has 0 aromatic heterocycles. The van der Waals surface area contributed by atoms with Crippen molar-refractivity contribution in [1.82, 2.24) is 0 Å². The molecule has 2 aromatic carbocycles. The lowest BCUT2D eigenvalue weighted by Crippen LogP contribution is -2.11. The molecule has 20 heavy (non-hydrogen) atoms. The van der Waals surface area contributed by atoms with Crippen LogP contribution >= 0.6 is 22.6 Å². The molecule has 0 radical (unpaired) electrons. The Hall–Kier alpha value is -2.16. The fraction of sp³-hybridized carbons (Fsp3) is 0. The Morgan fingerprint density at radius 2 is 2.00 bits per heavy atom. The summed E-state index contributed by atoms with van der Waals surface area (Å²) in [5, 5.41) is 11.0. The van der Waals surface area contributed by atoms with Crippen molar-refractivity contribution >= 4 is 34.2 Å². The highest BCUT2D eigenvalue weighted by Gasteiger charge is 2.18. The van der Waals surface area contributed by atoms with Crippen LogP contribution in [0.5, 0.6) is 11.5 Å². The number of nitro groups is 1. The first-order valence-corrected chi connectivity index (χ1v) is 6.57. The van der Waals surface area contributed by atoms with E-state index in [1.54, 1.807) is 18.2 Å². The molecule has 0 fully saturated rings. The molecule has 0 aliphatic heterocycles. The summed E-state index contributed by atoms with van der Waals surface area (Å²) in [6.45, 7) is 0. The van der Waals surface area contributed by atoms with E-state index in [0.717, 1.165) is 3.57 Å². The molecule has 2 rings (SSSR count). The third kappa shape index (κ3) is 3.23. The lowest BCUT2D eigenvalue weighted by Gasteiger charge is -2.07. The molecule has 0 spiro atoms. The number of hydrogen-bond donors (Lipinski definition) is 1. The van der Waals surface area contributed by atoms with Crippen LogP contribution in [0.2, 0.25) is 0 Å². The van der Waals surface area contributed by atoms with Gasteiger partial charge in [0, 0.05) is 21.3 Å². The van der Waals surface area contributed by atoms with Crippen molar-refractivity contribution in [2.24, 2.45) is 5.73 Å². The van der Waals surface area contributed by atoms with Gasteiger partial charge in [0.15, 0.2) is 0 Å². The highest BCUT2D eigenvalue weighted by molar-refractivity contribution is 14.1.